The Balaban J connectivity index is 3.53. The standard InChI is InChI=1S/C6H2BrClF2O2S/c7-3-1-2-4(13(8,11)12)6(10)5(3)9/h1-2H. The Hall–Kier alpha value is -0.200. The van der Waals surface area contributed by atoms with E-state index >= 15 is 0 Å². The van der Waals surface area contributed by atoms with Crippen molar-refractivity contribution >= 4 is 35.7 Å². The summed E-state index contributed by atoms with van der Waals surface area (Å²) in [4.78, 5) is -0.866. The fraction of sp³-hybridized carbons (Fsp3) is 0. The molecular formula is C6H2BrClF2O2S. The molecule has 0 fully saturated rings. The molecule has 0 N–H and O–H groups in total. The van der Waals surface area contributed by atoms with Crippen molar-refractivity contribution in [2.24, 2.45) is 0 Å². The normalized spacial score (nSPS) is 11.7. The van der Waals surface area contributed by atoms with Gasteiger partial charge in [0.15, 0.2) is 11.6 Å². The number of hydrogen-bond donors (Lipinski definition) is 0. The maximum atomic E-state index is 12.9. The molecule has 72 valence electrons. The molecule has 1 rings (SSSR count). The molecule has 0 heterocycles. The van der Waals surface area contributed by atoms with E-state index in [-0.39, 0.29) is 4.47 Å². The van der Waals surface area contributed by atoms with Crippen molar-refractivity contribution in [3.05, 3.63) is 28.2 Å². The van der Waals surface area contributed by atoms with Crippen molar-refractivity contribution < 1.29 is 17.2 Å². The van der Waals surface area contributed by atoms with Crippen molar-refractivity contribution in [3.63, 3.8) is 0 Å². The van der Waals surface area contributed by atoms with Crippen LogP contribution in [-0.2, 0) is 9.05 Å². The van der Waals surface area contributed by atoms with Crippen LogP contribution in [0.15, 0.2) is 21.5 Å². The predicted molar refractivity (Wildman–Crippen MR) is 47.1 cm³/mol. The molecule has 0 atom stereocenters. The molecule has 0 bridgehead atoms. The summed E-state index contributed by atoms with van der Waals surface area (Å²) in [5.74, 6) is -2.76. The zero-order chi connectivity index (χ0) is 10.2. The molecule has 7 heteroatoms. The van der Waals surface area contributed by atoms with Gasteiger partial charge >= 0.3 is 0 Å². The van der Waals surface area contributed by atoms with Crippen LogP contribution in [0.2, 0.25) is 0 Å². The summed E-state index contributed by atoms with van der Waals surface area (Å²) in [5, 5.41) is 0. The third kappa shape index (κ3) is 2.18. The fourth-order valence-corrected chi connectivity index (χ4v) is 1.89. The average Bonchev–Trinajstić information content (AvgIpc) is 1.98. The second-order valence-electron chi connectivity index (χ2n) is 2.11. The minimum absolute atomic E-state index is 0.158. The molecule has 0 amide bonds. The molecule has 1 aromatic rings. The summed E-state index contributed by atoms with van der Waals surface area (Å²) in [6.07, 6.45) is 0. The number of benzene rings is 1. The largest absolute Gasteiger partial charge is 0.264 e. The van der Waals surface area contributed by atoms with Gasteiger partial charge in [0.05, 0.1) is 4.47 Å². The zero-order valence-electron chi connectivity index (χ0n) is 5.89. The van der Waals surface area contributed by atoms with Crippen LogP contribution >= 0.6 is 26.6 Å². The van der Waals surface area contributed by atoms with Gasteiger partial charge in [0.2, 0.25) is 0 Å². The molecule has 0 aliphatic heterocycles. The first-order chi connectivity index (χ1) is 5.84. The van der Waals surface area contributed by atoms with Crippen molar-refractivity contribution in [2.45, 2.75) is 4.90 Å². The van der Waals surface area contributed by atoms with E-state index in [1.165, 1.54) is 0 Å². The number of halogens is 4. The smallest absolute Gasteiger partial charge is 0.207 e. The van der Waals surface area contributed by atoms with Gasteiger partial charge in [-0.3, -0.25) is 0 Å². The lowest BCUT2D eigenvalue weighted by Crippen LogP contribution is -1.98. The Morgan fingerprint density at radius 1 is 1.23 bits per heavy atom. The molecular weight excluding hydrogens is 289 g/mol. The summed E-state index contributed by atoms with van der Waals surface area (Å²) < 4.78 is 46.8. The van der Waals surface area contributed by atoms with E-state index in [1.54, 1.807) is 0 Å². The third-order valence-corrected chi connectivity index (χ3v) is 3.21. The van der Waals surface area contributed by atoms with Gasteiger partial charge in [-0.1, -0.05) is 0 Å². The predicted octanol–water partition coefficient (Wildman–Crippen LogP) is 2.65. The van der Waals surface area contributed by atoms with Crippen LogP contribution in [0, 0.1) is 11.6 Å². The Kier molecular flexibility index (Phi) is 2.94. The summed E-state index contributed by atoms with van der Waals surface area (Å²) in [7, 11) is 0.602. The minimum Gasteiger partial charge on any atom is -0.207 e. The van der Waals surface area contributed by atoms with Crippen LogP contribution in [-0.4, -0.2) is 8.42 Å². The van der Waals surface area contributed by atoms with Crippen molar-refractivity contribution in [3.8, 4) is 0 Å². The highest BCUT2D eigenvalue weighted by molar-refractivity contribution is 9.10. The highest BCUT2D eigenvalue weighted by atomic mass is 79.9. The molecule has 0 spiro atoms. The summed E-state index contributed by atoms with van der Waals surface area (Å²) in [6.45, 7) is 0. The summed E-state index contributed by atoms with van der Waals surface area (Å²) in [6, 6.07) is 1.94. The zero-order valence-corrected chi connectivity index (χ0v) is 9.05. The Labute approximate surface area is 86.1 Å². The van der Waals surface area contributed by atoms with Crippen LogP contribution in [0.3, 0.4) is 0 Å². The van der Waals surface area contributed by atoms with E-state index in [0.717, 1.165) is 12.1 Å². The van der Waals surface area contributed by atoms with E-state index < -0.39 is 25.6 Å². The Bertz CT molecular complexity index is 446. The maximum absolute atomic E-state index is 12.9. The van der Waals surface area contributed by atoms with Gasteiger partial charge in [0.1, 0.15) is 4.90 Å². The van der Waals surface area contributed by atoms with Gasteiger partial charge in [0, 0.05) is 10.7 Å². The SMILES string of the molecule is O=S(=O)(Cl)c1ccc(Br)c(F)c1F. The molecule has 0 aromatic heterocycles. The number of hydrogen-bond acceptors (Lipinski definition) is 2. The van der Waals surface area contributed by atoms with E-state index in [0.29, 0.717) is 0 Å². The van der Waals surface area contributed by atoms with Gasteiger partial charge in [-0.05, 0) is 28.1 Å². The van der Waals surface area contributed by atoms with Gasteiger partial charge in [-0.15, -0.1) is 0 Å². The summed E-state index contributed by atoms with van der Waals surface area (Å²) >= 11 is 2.69. The first kappa shape index (κ1) is 10.9. The van der Waals surface area contributed by atoms with Crippen LogP contribution in [0.1, 0.15) is 0 Å². The third-order valence-electron chi connectivity index (χ3n) is 1.26. The van der Waals surface area contributed by atoms with Crippen LogP contribution in [0.4, 0.5) is 8.78 Å². The Morgan fingerprint density at radius 2 is 1.77 bits per heavy atom. The van der Waals surface area contributed by atoms with E-state index in [9.17, 15) is 17.2 Å². The molecule has 1 aromatic carbocycles. The van der Waals surface area contributed by atoms with E-state index in [1.807, 2.05) is 0 Å². The highest BCUT2D eigenvalue weighted by Gasteiger charge is 2.20. The molecule has 2 nitrogen and oxygen atoms in total. The molecule has 0 saturated carbocycles. The van der Waals surface area contributed by atoms with Gasteiger partial charge < -0.3 is 0 Å². The van der Waals surface area contributed by atoms with Gasteiger partial charge in [0.25, 0.3) is 9.05 Å². The van der Waals surface area contributed by atoms with Gasteiger partial charge in [-0.2, -0.15) is 0 Å². The van der Waals surface area contributed by atoms with Crippen molar-refractivity contribution in [2.75, 3.05) is 0 Å². The molecule has 0 aliphatic carbocycles. The Morgan fingerprint density at radius 3 is 2.23 bits per heavy atom. The minimum atomic E-state index is -4.24. The first-order valence-electron chi connectivity index (χ1n) is 2.92. The monoisotopic (exact) mass is 290 g/mol. The molecule has 0 aliphatic rings. The lowest BCUT2D eigenvalue weighted by Gasteiger charge is -2.00. The van der Waals surface area contributed by atoms with Crippen LogP contribution in [0.25, 0.3) is 0 Å². The molecule has 0 saturated heterocycles. The lowest BCUT2D eigenvalue weighted by atomic mass is 10.3. The van der Waals surface area contributed by atoms with Crippen LogP contribution in [0.5, 0.6) is 0 Å². The van der Waals surface area contributed by atoms with Crippen molar-refractivity contribution in [1.29, 1.82) is 0 Å². The topological polar surface area (TPSA) is 34.1 Å². The molecule has 0 unspecified atom stereocenters. The van der Waals surface area contributed by atoms with E-state index in [4.69, 9.17) is 10.7 Å². The van der Waals surface area contributed by atoms with E-state index in [2.05, 4.69) is 15.9 Å². The maximum Gasteiger partial charge on any atom is 0.264 e. The van der Waals surface area contributed by atoms with Crippen LogP contribution < -0.4 is 0 Å². The summed E-state index contributed by atoms with van der Waals surface area (Å²) in [5.41, 5.74) is 0. The lowest BCUT2D eigenvalue weighted by molar-refractivity contribution is 0.482. The quantitative estimate of drug-likeness (QED) is 0.589. The highest BCUT2D eigenvalue weighted by Crippen LogP contribution is 2.25. The second kappa shape index (κ2) is 3.51. The average molecular weight is 292 g/mol. The fourth-order valence-electron chi connectivity index (χ4n) is 0.696. The van der Waals surface area contributed by atoms with Crippen molar-refractivity contribution in [1.82, 2.24) is 0 Å². The molecule has 13 heavy (non-hydrogen) atoms. The first-order valence-corrected chi connectivity index (χ1v) is 6.02. The second-order valence-corrected chi connectivity index (χ2v) is 5.50. The number of rotatable bonds is 1. The molecule has 0 radical (unpaired) electrons. The van der Waals surface area contributed by atoms with Gasteiger partial charge in [-0.25, -0.2) is 17.2 Å².